The molecule has 0 aliphatic heterocycles. The summed E-state index contributed by atoms with van der Waals surface area (Å²) in [6, 6.07) is 0. The monoisotopic (exact) mass is 308 g/mol. The highest BCUT2D eigenvalue weighted by atomic mass is 32.1. The number of nitrogen functional groups attached to an aromatic ring is 1. The van der Waals surface area contributed by atoms with Crippen molar-refractivity contribution in [3.8, 4) is 0 Å². The molecule has 0 unspecified atom stereocenters. The number of rotatable bonds is 8. The van der Waals surface area contributed by atoms with Crippen LogP contribution in [0.1, 0.15) is 53.8 Å². The van der Waals surface area contributed by atoms with Crippen LogP contribution >= 0.6 is 11.3 Å². The minimum Gasteiger partial charge on any atom is -0.397 e. The molecule has 0 saturated heterocycles. The number of anilines is 2. The third-order valence-corrected chi connectivity index (χ3v) is 5.65. The van der Waals surface area contributed by atoms with Gasteiger partial charge in [-0.25, -0.2) is 0 Å². The summed E-state index contributed by atoms with van der Waals surface area (Å²) < 4.78 is 5.21. The van der Waals surface area contributed by atoms with Gasteiger partial charge in [-0.05, 0) is 38.5 Å². The largest absolute Gasteiger partial charge is 0.397 e. The zero-order chi connectivity index (χ0) is 15.0. The molecular formula is C16H24N2O2S. The molecule has 2 N–H and O–H groups in total. The molecule has 1 aromatic heterocycles. The summed E-state index contributed by atoms with van der Waals surface area (Å²) in [7, 11) is 1.72. The zero-order valence-electron chi connectivity index (χ0n) is 12.9. The van der Waals surface area contributed by atoms with Gasteiger partial charge in [0, 0.05) is 31.7 Å². The molecular weight excluding hydrogens is 284 g/mol. The Labute approximate surface area is 130 Å². The summed E-state index contributed by atoms with van der Waals surface area (Å²) in [6.45, 7) is 4.61. The summed E-state index contributed by atoms with van der Waals surface area (Å²) in [5, 5.41) is 1.21. The van der Waals surface area contributed by atoms with E-state index in [2.05, 4.69) is 11.8 Å². The van der Waals surface area contributed by atoms with Gasteiger partial charge in [-0.15, -0.1) is 11.3 Å². The van der Waals surface area contributed by atoms with E-state index in [0.29, 0.717) is 12.5 Å². The molecule has 2 aliphatic carbocycles. The Morgan fingerprint density at radius 1 is 1.38 bits per heavy atom. The minimum atomic E-state index is 0.236. The van der Waals surface area contributed by atoms with Crippen molar-refractivity contribution in [3.63, 3.8) is 0 Å². The number of likely N-dealkylation sites (N-methyl/N-ethyl adjacent to an activating group) is 1. The summed E-state index contributed by atoms with van der Waals surface area (Å²) in [5.41, 5.74) is 8.37. The normalized spacial score (nSPS) is 18.0. The van der Waals surface area contributed by atoms with Gasteiger partial charge in [-0.1, -0.05) is 0 Å². The van der Waals surface area contributed by atoms with Gasteiger partial charge in [-0.3, -0.25) is 4.79 Å². The molecule has 21 heavy (non-hydrogen) atoms. The minimum absolute atomic E-state index is 0.236. The molecule has 0 amide bonds. The average Bonchev–Trinajstić information content (AvgIpc) is 3.37. The number of thiophene rings is 1. The third-order valence-electron chi connectivity index (χ3n) is 4.36. The molecule has 2 fully saturated rings. The maximum absolute atomic E-state index is 12.4. The van der Waals surface area contributed by atoms with E-state index in [9.17, 15) is 4.79 Å². The van der Waals surface area contributed by atoms with Crippen LogP contribution in [0.5, 0.6) is 0 Å². The number of methoxy groups -OCH3 is 1. The van der Waals surface area contributed by atoms with Crippen LogP contribution in [0.2, 0.25) is 0 Å². The number of carbonyl (C=O) groups excluding carboxylic acids is 1. The lowest BCUT2D eigenvalue weighted by Crippen LogP contribution is -2.26. The predicted octanol–water partition coefficient (Wildman–Crippen LogP) is 3.27. The fourth-order valence-corrected chi connectivity index (χ4v) is 4.18. The second-order valence-electron chi connectivity index (χ2n) is 6.05. The second-order valence-corrected chi connectivity index (χ2v) is 7.05. The molecule has 1 heterocycles. The van der Waals surface area contributed by atoms with E-state index in [4.69, 9.17) is 10.5 Å². The highest BCUT2D eigenvalue weighted by Gasteiger charge is 2.38. The smallest absolute Gasteiger partial charge is 0.178 e. The Balaban J connectivity index is 1.93. The Hall–Kier alpha value is -1.07. The van der Waals surface area contributed by atoms with Gasteiger partial charge in [0.25, 0.3) is 0 Å². The average molecular weight is 308 g/mol. The van der Waals surface area contributed by atoms with Gasteiger partial charge >= 0.3 is 0 Å². The van der Waals surface area contributed by atoms with Crippen molar-refractivity contribution < 1.29 is 9.53 Å². The lowest BCUT2D eigenvalue weighted by atomic mass is 10.1. The number of hydrogen-bond donors (Lipinski definition) is 1. The maximum Gasteiger partial charge on any atom is 0.178 e. The summed E-state index contributed by atoms with van der Waals surface area (Å²) in [5.74, 6) is 1.07. The van der Waals surface area contributed by atoms with Crippen molar-refractivity contribution in [2.24, 2.45) is 5.92 Å². The van der Waals surface area contributed by atoms with Crippen LogP contribution < -0.4 is 10.6 Å². The fraction of sp³-hybridized carbons (Fsp3) is 0.688. The van der Waals surface area contributed by atoms with Gasteiger partial charge < -0.3 is 15.4 Å². The quantitative estimate of drug-likeness (QED) is 0.749. The summed E-state index contributed by atoms with van der Waals surface area (Å²) in [6.07, 6.45) is 4.47. The van der Waals surface area contributed by atoms with Crippen LogP contribution in [0, 0.1) is 5.92 Å². The molecule has 2 saturated carbocycles. The summed E-state index contributed by atoms with van der Waals surface area (Å²) >= 11 is 1.61. The van der Waals surface area contributed by atoms with Gasteiger partial charge in [0.1, 0.15) is 0 Å². The van der Waals surface area contributed by atoms with Crippen LogP contribution in [0.15, 0.2) is 0 Å². The lowest BCUT2D eigenvalue weighted by Gasteiger charge is -2.22. The first-order chi connectivity index (χ1) is 10.2. The Morgan fingerprint density at radius 2 is 2.10 bits per heavy atom. The number of carbonyl (C=O) groups is 1. The van der Waals surface area contributed by atoms with Gasteiger partial charge in [0.2, 0.25) is 0 Å². The van der Waals surface area contributed by atoms with Crippen molar-refractivity contribution in [2.45, 2.75) is 38.5 Å². The molecule has 0 aromatic carbocycles. The number of nitrogens with zero attached hydrogens (tertiary/aromatic N) is 1. The Bertz CT molecular complexity index is 533. The molecule has 0 spiro atoms. The molecule has 116 valence electrons. The molecule has 1 aromatic rings. The van der Waals surface area contributed by atoms with Crippen molar-refractivity contribution in [2.75, 3.05) is 37.4 Å². The Morgan fingerprint density at radius 3 is 2.62 bits per heavy atom. The highest BCUT2D eigenvalue weighted by molar-refractivity contribution is 7.19. The third kappa shape index (κ3) is 2.94. The molecule has 3 rings (SSSR count). The standard InChI is InChI=1S/C16H24N2O2S/c1-3-18(8-9-20-2)16-12(10-4-5-10)13(17)15(21-16)14(19)11-6-7-11/h10-11H,3-9,17H2,1-2H3. The Kier molecular flexibility index (Phi) is 4.22. The van der Waals surface area contributed by atoms with Crippen molar-refractivity contribution >= 4 is 27.8 Å². The lowest BCUT2D eigenvalue weighted by molar-refractivity contribution is 0.0972. The van der Waals surface area contributed by atoms with Crippen LogP contribution in [0.4, 0.5) is 10.7 Å². The first-order valence-corrected chi connectivity index (χ1v) is 8.69. The van der Waals surface area contributed by atoms with Crippen LogP contribution in [0.25, 0.3) is 0 Å². The number of hydrogen-bond acceptors (Lipinski definition) is 5. The van der Waals surface area contributed by atoms with Gasteiger partial charge in [-0.2, -0.15) is 0 Å². The number of ether oxygens (including phenoxy) is 1. The zero-order valence-corrected chi connectivity index (χ0v) is 13.7. The highest BCUT2D eigenvalue weighted by Crippen LogP contribution is 2.53. The molecule has 2 aliphatic rings. The van der Waals surface area contributed by atoms with Gasteiger partial charge in [0.15, 0.2) is 5.78 Å². The summed E-state index contributed by atoms with van der Waals surface area (Å²) in [4.78, 5) is 15.6. The maximum atomic E-state index is 12.4. The topological polar surface area (TPSA) is 55.6 Å². The van der Waals surface area contributed by atoms with E-state index in [1.165, 1.54) is 23.4 Å². The van der Waals surface area contributed by atoms with Crippen molar-refractivity contribution in [1.82, 2.24) is 0 Å². The molecule has 0 atom stereocenters. The van der Waals surface area contributed by atoms with Crippen molar-refractivity contribution in [3.05, 3.63) is 10.4 Å². The van der Waals surface area contributed by atoms with E-state index in [1.807, 2.05) is 0 Å². The van der Waals surface area contributed by atoms with Crippen LogP contribution in [-0.4, -0.2) is 32.6 Å². The second kappa shape index (κ2) is 5.97. The van der Waals surface area contributed by atoms with Gasteiger partial charge in [0.05, 0.1) is 22.2 Å². The fourth-order valence-electron chi connectivity index (χ4n) is 2.76. The molecule has 5 heteroatoms. The van der Waals surface area contributed by atoms with E-state index in [0.717, 1.165) is 36.5 Å². The molecule has 4 nitrogen and oxygen atoms in total. The van der Waals surface area contributed by atoms with E-state index in [-0.39, 0.29) is 11.7 Å². The number of ketones is 1. The van der Waals surface area contributed by atoms with E-state index < -0.39 is 0 Å². The number of nitrogens with two attached hydrogens (primary N) is 1. The van der Waals surface area contributed by atoms with E-state index >= 15 is 0 Å². The molecule has 0 radical (unpaired) electrons. The molecule has 0 bridgehead atoms. The first kappa shape index (κ1) is 14.9. The SMILES string of the molecule is CCN(CCOC)c1sc(C(=O)C2CC2)c(N)c1C1CC1. The van der Waals surface area contributed by atoms with Crippen LogP contribution in [0.3, 0.4) is 0 Å². The first-order valence-electron chi connectivity index (χ1n) is 7.87. The predicted molar refractivity (Wildman–Crippen MR) is 87.5 cm³/mol. The number of Topliss-reactive ketones (excluding diaryl/α,β-unsaturated/α-hetero) is 1. The van der Waals surface area contributed by atoms with E-state index in [1.54, 1.807) is 18.4 Å². The van der Waals surface area contributed by atoms with Crippen LogP contribution in [-0.2, 0) is 4.74 Å². The van der Waals surface area contributed by atoms with Crippen molar-refractivity contribution in [1.29, 1.82) is 0 Å².